The fraction of sp³-hybridized carbons (Fsp3) is 0.381. The van der Waals surface area contributed by atoms with E-state index in [9.17, 15) is 13.2 Å². The molecule has 3 aromatic rings. The van der Waals surface area contributed by atoms with Crippen LogP contribution in [0.15, 0.2) is 39.8 Å². The Labute approximate surface area is 185 Å². The van der Waals surface area contributed by atoms with Crippen LogP contribution in [0.25, 0.3) is 22.8 Å². The summed E-state index contributed by atoms with van der Waals surface area (Å²) in [6.45, 7) is 3.27. The average Bonchev–Trinajstić information content (AvgIpc) is 3.46. The molecule has 3 N–H and O–H groups in total. The van der Waals surface area contributed by atoms with Crippen molar-refractivity contribution in [1.82, 2.24) is 20.2 Å². The largest absolute Gasteiger partial charge is 0.401 e. The fourth-order valence-corrected chi connectivity index (χ4v) is 4.61. The van der Waals surface area contributed by atoms with Crippen LogP contribution in [-0.2, 0) is 14.6 Å². The smallest absolute Gasteiger partial charge is 0.322 e. The number of nitrogen functional groups attached to an aromatic ring is 1. The molecule has 32 heavy (non-hydrogen) atoms. The van der Waals surface area contributed by atoms with Crippen molar-refractivity contribution in [3.05, 3.63) is 30.5 Å². The van der Waals surface area contributed by atoms with E-state index in [1.807, 2.05) is 0 Å². The van der Waals surface area contributed by atoms with Crippen molar-refractivity contribution in [2.24, 2.45) is 5.92 Å². The number of hydrogen-bond donors (Lipinski definition) is 2. The van der Waals surface area contributed by atoms with Crippen molar-refractivity contribution >= 4 is 27.6 Å². The molecule has 0 radical (unpaired) electrons. The molecule has 11 heteroatoms. The predicted octanol–water partition coefficient (Wildman–Crippen LogP) is 3.09. The monoisotopic (exact) mass is 456 g/mol. The lowest BCUT2D eigenvalue weighted by molar-refractivity contribution is -0.119. The number of nitrogens with two attached hydrogens (primary N) is 1. The van der Waals surface area contributed by atoms with Crippen molar-refractivity contribution in [1.29, 1.82) is 0 Å². The first kappa shape index (κ1) is 21.9. The lowest BCUT2D eigenvalue weighted by atomic mass is 10.1. The molecule has 1 aliphatic rings. The van der Waals surface area contributed by atoms with Gasteiger partial charge in [0, 0.05) is 11.5 Å². The quantitative estimate of drug-likeness (QED) is 0.569. The molecule has 168 valence electrons. The Morgan fingerprint density at radius 3 is 2.50 bits per heavy atom. The Morgan fingerprint density at radius 1 is 1.16 bits per heavy atom. The van der Waals surface area contributed by atoms with Gasteiger partial charge in [0.25, 0.3) is 5.89 Å². The van der Waals surface area contributed by atoms with E-state index in [1.165, 1.54) is 18.3 Å². The van der Waals surface area contributed by atoms with E-state index in [0.717, 1.165) is 25.7 Å². The molecular weight excluding hydrogens is 432 g/mol. The summed E-state index contributed by atoms with van der Waals surface area (Å²) < 4.78 is 30.2. The number of carbonyl (C=O) groups is 1. The van der Waals surface area contributed by atoms with Crippen molar-refractivity contribution in [2.75, 3.05) is 11.1 Å². The van der Waals surface area contributed by atoms with Gasteiger partial charge in [0.05, 0.1) is 22.0 Å². The minimum Gasteiger partial charge on any atom is -0.401 e. The van der Waals surface area contributed by atoms with Crippen molar-refractivity contribution in [3.8, 4) is 22.8 Å². The average molecular weight is 457 g/mol. The number of aromatic nitrogens is 4. The van der Waals surface area contributed by atoms with Gasteiger partial charge in [-0.05, 0) is 38.8 Å². The van der Waals surface area contributed by atoms with E-state index in [-0.39, 0.29) is 40.1 Å². The number of nitrogens with one attached hydrogen (secondary N) is 1. The lowest BCUT2D eigenvalue weighted by Gasteiger charge is -2.09. The van der Waals surface area contributed by atoms with Gasteiger partial charge in [-0.15, -0.1) is 5.10 Å². The number of hydrogen-bond acceptors (Lipinski definition) is 9. The Kier molecular flexibility index (Phi) is 5.92. The maximum atomic E-state index is 12.3. The Bertz CT molecular complexity index is 1230. The van der Waals surface area contributed by atoms with Crippen LogP contribution in [0.5, 0.6) is 0 Å². The van der Waals surface area contributed by atoms with Crippen molar-refractivity contribution < 1.29 is 17.6 Å². The third-order valence-electron chi connectivity index (χ3n) is 5.48. The third kappa shape index (κ3) is 4.33. The van der Waals surface area contributed by atoms with Crippen molar-refractivity contribution in [2.45, 2.75) is 49.7 Å². The van der Waals surface area contributed by atoms with Crippen LogP contribution in [-0.4, -0.2) is 39.7 Å². The van der Waals surface area contributed by atoms with Crippen LogP contribution in [0, 0.1) is 5.92 Å². The molecule has 0 unspecified atom stereocenters. The van der Waals surface area contributed by atoms with Gasteiger partial charge < -0.3 is 10.2 Å². The summed E-state index contributed by atoms with van der Waals surface area (Å²) in [6.07, 6.45) is 5.26. The number of sulfone groups is 1. The topological polar surface area (TPSA) is 154 Å². The molecule has 0 spiro atoms. The fourth-order valence-electron chi connectivity index (χ4n) is 3.55. The van der Waals surface area contributed by atoms with Gasteiger partial charge in [-0.3, -0.25) is 10.1 Å². The molecule has 2 heterocycles. The van der Waals surface area contributed by atoms with E-state index in [4.69, 9.17) is 10.2 Å². The standard InChI is InChI=1S/C21H24N6O4S/c1-12(2)32(29,30)15-9-7-13(8-10-15)16-11-23-18(22)17(24-16)20-26-27-21(31-20)25-19(28)14-5-3-4-6-14/h7-12,14H,3-6H2,1-2H3,(H2,22,23)(H,25,27,28). The molecule has 1 aliphatic carbocycles. The summed E-state index contributed by atoms with van der Waals surface area (Å²) in [4.78, 5) is 21.1. The summed E-state index contributed by atoms with van der Waals surface area (Å²) in [7, 11) is -3.37. The molecule has 1 saturated carbocycles. The first-order valence-electron chi connectivity index (χ1n) is 10.4. The number of anilines is 2. The number of benzene rings is 1. The predicted molar refractivity (Wildman–Crippen MR) is 118 cm³/mol. The molecule has 10 nitrogen and oxygen atoms in total. The minimum atomic E-state index is -3.37. The molecule has 0 bridgehead atoms. The molecule has 0 aliphatic heterocycles. The second kappa shape index (κ2) is 8.65. The van der Waals surface area contributed by atoms with Gasteiger partial charge >= 0.3 is 6.01 Å². The maximum Gasteiger partial charge on any atom is 0.322 e. The Balaban J connectivity index is 1.57. The van der Waals surface area contributed by atoms with Crippen LogP contribution in [0.2, 0.25) is 0 Å². The Hall–Kier alpha value is -3.34. The van der Waals surface area contributed by atoms with Crippen LogP contribution in [0.4, 0.5) is 11.8 Å². The molecule has 1 aromatic carbocycles. The van der Waals surface area contributed by atoms with Crippen LogP contribution >= 0.6 is 0 Å². The van der Waals surface area contributed by atoms with Crippen LogP contribution in [0.3, 0.4) is 0 Å². The van der Waals surface area contributed by atoms with Crippen molar-refractivity contribution in [3.63, 3.8) is 0 Å². The maximum absolute atomic E-state index is 12.3. The van der Waals surface area contributed by atoms with Gasteiger partial charge in [0.2, 0.25) is 5.91 Å². The van der Waals surface area contributed by atoms with Gasteiger partial charge in [-0.25, -0.2) is 18.4 Å². The first-order chi connectivity index (χ1) is 15.3. The molecule has 0 saturated heterocycles. The highest BCUT2D eigenvalue weighted by Crippen LogP contribution is 2.29. The zero-order chi connectivity index (χ0) is 22.9. The zero-order valence-corrected chi connectivity index (χ0v) is 18.6. The van der Waals surface area contributed by atoms with Crippen LogP contribution < -0.4 is 11.1 Å². The van der Waals surface area contributed by atoms with Gasteiger partial charge in [-0.2, -0.15) is 0 Å². The second-order valence-electron chi connectivity index (χ2n) is 7.99. The SMILES string of the molecule is CC(C)S(=O)(=O)c1ccc(-c2cnc(N)c(-c3nnc(NC(=O)C4CCCC4)o3)n2)cc1. The number of rotatable bonds is 6. The normalized spacial score (nSPS) is 14.7. The second-order valence-corrected chi connectivity index (χ2v) is 10.5. The molecule has 1 amide bonds. The zero-order valence-electron chi connectivity index (χ0n) is 17.8. The van der Waals surface area contributed by atoms with Gasteiger partial charge in [0.15, 0.2) is 21.3 Å². The summed E-state index contributed by atoms with van der Waals surface area (Å²) in [5.74, 6) is -0.0642. The molecule has 0 atom stereocenters. The minimum absolute atomic E-state index is 0.0215. The van der Waals surface area contributed by atoms with Crippen LogP contribution in [0.1, 0.15) is 39.5 Å². The summed E-state index contributed by atoms with van der Waals surface area (Å²) in [5, 5.41) is 9.93. The van der Waals surface area contributed by atoms with E-state index < -0.39 is 15.1 Å². The van der Waals surface area contributed by atoms with E-state index >= 15 is 0 Å². The Morgan fingerprint density at radius 2 is 1.84 bits per heavy atom. The number of carbonyl (C=O) groups excluding carboxylic acids is 1. The highest BCUT2D eigenvalue weighted by Gasteiger charge is 2.25. The third-order valence-corrected chi connectivity index (χ3v) is 7.65. The van der Waals surface area contributed by atoms with Gasteiger partial charge in [-0.1, -0.05) is 30.1 Å². The molecule has 2 aromatic heterocycles. The first-order valence-corrected chi connectivity index (χ1v) is 11.9. The molecular formula is C21H24N6O4S. The summed E-state index contributed by atoms with van der Waals surface area (Å²) >= 11 is 0. The summed E-state index contributed by atoms with van der Waals surface area (Å²) in [6, 6.07) is 6.35. The van der Waals surface area contributed by atoms with Gasteiger partial charge in [0.1, 0.15) is 0 Å². The highest BCUT2D eigenvalue weighted by molar-refractivity contribution is 7.92. The summed E-state index contributed by atoms with van der Waals surface area (Å²) in [5.41, 5.74) is 7.24. The highest BCUT2D eigenvalue weighted by atomic mass is 32.2. The number of nitrogens with zero attached hydrogens (tertiary/aromatic N) is 4. The van der Waals surface area contributed by atoms with E-state index in [0.29, 0.717) is 11.3 Å². The van der Waals surface area contributed by atoms with E-state index in [2.05, 4.69) is 25.5 Å². The molecule has 1 fully saturated rings. The lowest BCUT2D eigenvalue weighted by Crippen LogP contribution is -2.20. The molecule has 4 rings (SSSR count). The number of amides is 1. The van der Waals surface area contributed by atoms with E-state index in [1.54, 1.807) is 26.0 Å².